The number of carbonyl (C=O) groups is 1. The Kier molecular flexibility index (Phi) is 5.81. The van der Waals surface area contributed by atoms with Gasteiger partial charge in [0, 0.05) is 10.7 Å². The van der Waals surface area contributed by atoms with Gasteiger partial charge in [-0.1, -0.05) is 40.9 Å². The van der Waals surface area contributed by atoms with Crippen LogP contribution in [0.1, 0.15) is 9.67 Å². The van der Waals surface area contributed by atoms with E-state index in [-0.39, 0.29) is 24.1 Å². The predicted molar refractivity (Wildman–Crippen MR) is 109 cm³/mol. The molecule has 0 unspecified atom stereocenters. The molecule has 0 bridgehead atoms. The van der Waals surface area contributed by atoms with Crippen molar-refractivity contribution in [3.8, 4) is 0 Å². The van der Waals surface area contributed by atoms with Crippen molar-refractivity contribution in [3.05, 3.63) is 60.4 Å². The van der Waals surface area contributed by atoms with Crippen molar-refractivity contribution in [2.24, 2.45) is 0 Å². The lowest BCUT2D eigenvalue weighted by Gasteiger charge is -2.09. The summed E-state index contributed by atoms with van der Waals surface area (Å²) in [5, 5.41) is 4.75. The minimum Gasteiger partial charge on any atom is -0.321 e. The fourth-order valence-electron chi connectivity index (χ4n) is 2.03. The van der Waals surface area contributed by atoms with E-state index in [0.29, 0.717) is 10.7 Å². The first-order valence-corrected chi connectivity index (χ1v) is 11.2. The smallest absolute Gasteiger partial charge is 0.267 e. The summed E-state index contributed by atoms with van der Waals surface area (Å²) < 4.78 is 27.7. The van der Waals surface area contributed by atoms with Gasteiger partial charge in [0.05, 0.1) is 10.0 Å². The van der Waals surface area contributed by atoms with E-state index in [1.807, 2.05) is 0 Å². The Hall–Kier alpha value is -1.29. The van der Waals surface area contributed by atoms with Gasteiger partial charge in [0.15, 0.2) is 0 Å². The molecule has 0 radical (unpaired) electrons. The highest BCUT2D eigenvalue weighted by Gasteiger charge is 2.24. The van der Waals surface area contributed by atoms with Gasteiger partial charge in [0.2, 0.25) is 0 Å². The number of halogens is 3. The van der Waals surface area contributed by atoms with Gasteiger partial charge in [-0.2, -0.15) is 0 Å². The highest BCUT2D eigenvalue weighted by Crippen LogP contribution is 2.36. The fourth-order valence-corrected chi connectivity index (χ4v) is 6.25. The summed E-state index contributed by atoms with van der Waals surface area (Å²) in [7, 11) is -3.98. The lowest BCUT2D eigenvalue weighted by Crippen LogP contribution is -2.16. The molecule has 0 saturated carbocycles. The summed E-state index contributed by atoms with van der Waals surface area (Å²) in [6.45, 7) is 0. The van der Waals surface area contributed by atoms with E-state index in [1.165, 1.54) is 12.1 Å². The average molecular weight is 468 g/mol. The third kappa shape index (κ3) is 4.33. The number of rotatable bonds is 5. The minimum atomic E-state index is -3.98. The molecule has 0 saturated heterocycles. The minimum absolute atomic E-state index is 0.0441. The van der Waals surface area contributed by atoms with Crippen LogP contribution in [0, 0.1) is 0 Å². The second-order valence-corrected chi connectivity index (χ2v) is 10.2. The molecule has 3 aromatic rings. The van der Waals surface area contributed by atoms with Crippen LogP contribution in [0.4, 0.5) is 11.4 Å². The predicted octanol–water partition coefficient (Wildman–Crippen LogP) is 5.82. The Morgan fingerprint density at radius 3 is 2.50 bits per heavy atom. The van der Waals surface area contributed by atoms with Crippen molar-refractivity contribution in [2.45, 2.75) is 4.90 Å². The lowest BCUT2D eigenvalue weighted by molar-refractivity contribution is 0.103. The van der Waals surface area contributed by atoms with E-state index in [2.05, 4.69) is 10.0 Å². The number of hydrogen-bond donors (Lipinski definition) is 2. The first kappa shape index (κ1) is 19.5. The van der Waals surface area contributed by atoms with E-state index >= 15 is 0 Å². The van der Waals surface area contributed by atoms with Gasteiger partial charge < -0.3 is 5.32 Å². The molecule has 136 valence electrons. The molecule has 0 atom stereocenters. The molecule has 2 N–H and O–H groups in total. The maximum absolute atomic E-state index is 12.5. The SMILES string of the molecule is O=C(Nc1cccc(Cl)c1)c1sccc1NS(=O)(=O)c1cc(Cl)sc1Cl. The van der Waals surface area contributed by atoms with Gasteiger partial charge in [-0.3, -0.25) is 9.52 Å². The molecule has 0 aliphatic heterocycles. The molecule has 0 spiro atoms. The highest BCUT2D eigenvalue weighted by atomic mass is 35.5. The molecule has 1 aromatic carbocycles. The van der Waals surface area contributed by atoms with Gasteiger partial charge in [-0.05, 0) is 35.7 Å². The summed E-state index contributed by atoms with van der Waals surface area (Å²) in [6, 6.07) is 9.39. The molecular formula is C15H9Cl3N2O3S3. The zero-order chi connectivity index (χ0) is 18.9. The first-order valence-electron chi connectivity index (χ1n) is 6.88. The zero-order valence-electron chi connectivity index (χ0n) is 12.6. The fraction of sp³-hybridized carbons (Fsp3) is 0. The Bertz CT molecular complexity index is 1080. The molecule has 2 heterocycles. The number of nitrogens with one attached hydrogen (secondary N) is 2. The van der Waals surface area contributed by atoms with Gasteiger partial charge in [-0.25, -0.2) is 8.42 Å². The Morgan fingerprint density at radius 2 is 1.85 bits per heavy atom. The van der Waals surface area contributed by atoms with Gasteiger partial charge in [0.1, 0.15) is 14.1 Å². The average Bonchev–Trinajstić information content (AvgIpc) is 3.13. The molecule has 2 aromatic heterocycles. The van der Waals surface area contributed by atoms with Crippen LogP contribution in [0.15, 0.2) is 46.7 Å². The van der Waals surface area contributed by atoms with Crippen molar-refractivity contribution in [2.75, 3.05) is 10.0 Å². The van der Waals surface area contributed by atoms with Crippen molar-refractivity contribution in [1.29, 1.82) is 0 Å². The van der Waals surface area contributed by atoms with E-state index in [4.69, 9.17) is 34.8 Å². The van der Waals surface area contributed by atoms with Crippen molar-refractivity contribution in [3.63, 3.8) is 0 Å². The van der Waals surface area contributed by atoms with Gasteiger partial charge >= 0.3 is 0 Å². The van der Waals surface area contributed by atoms with E-state index in [9.17, 15) is 13.2 Å². The standard InChI is InChI=1S/C15H9Cl3N2O3S3/c16-8-2-1-3-9(6-8)19-15(21)13-10(4-5-24-13)20-26(22,23)11-7-12(17)25-14(11)18/h1-7,20H,(H,19,21). The monoisotopic (exact) mass is 466 g/mol. The van der Waals surface area contributed by atoms with Gasteiger partial charge in [0.25, 0.3) is 15.9 Å². The number of sulfonamides is 1. The summed E-state index contributed by atoms with van der Waals surface area (Å²) in [5.74, 6) is -0.464. The highest BCUT2D eigenvalue weighted by molar-refractivity contribution is 7.93. The number of anilines is 2. The maximum atomic E-state index is 12.5. The second kappa shape index (κ2) is 7.75. The van der Waals surface area contributed by atoms with E-state index in [1.54, 1.807) is 29.6 Å². The third-order valence-electron chi connectivity index (χ3n) is 3.11. The van der Waals surface area contributed by atoms with Crippen molar-refractivity contribution >= 4 is 84.8 Å². The Morgan fingerprint density at radius 1 is 1.08 bits per heavy atom. The van der Waals surface area contributed by atoms with Crippen molar-refractivity contribution < 1.29 is 13.2 Å². The maximum Gasteiger partial charge on any atom is 0.267 e. The zero-order valence-corrected chi connectivity index (χ0v) is 17.3. The van der Waals surface area contributed by atoms with Crippen LogP contribution in [-0.2, 0) is 10.0 Å². The molecule has 0 aliphatic rings. The molecule has 11 heteroatoms. The van der Waals surface area contributed by atoms with Crippen LogP contribution in [-0.4, -0.2) is 14.3 Å². The van der Waals surface area contributed by atoms with E-state index in [0.717, 1.165) is 22.7 Å². The third-order valence-corrected chi connectivity index (χ3v) is 7.38. The summed E-state index contributed by atoms with van der Waals surface area (Å²) >= 11 is 19.7. The van der Waals surface area contributed by atoms with Crippen LogP contribution >= 0.6 is 57.5 Å². The first-order chi connectivity index (χ1) is 12.3. The van der Waals surface area contributed by atoms with Crippen molar-refractivity contribution in [1.82, 2.24) is 0 Å². The molecule has 26 heavy (non-hydrogen) atoms. The molecule has 5 nitrogen and oxygen atoms in total. The number of carbonyl (C=O) groups excluding carboxylic acids is 1. The largest absolute Gasteiger partial charge is 0.321 e. The van der Waals surface area contributed by atoms with Crippen LogP contribution in [0.2, 0.25) is 13.7 Å². The summed E-state index contributed by atoms with van der Waals surface area (Å²) in [4.78, 5) is 12.5. The Balaban J connectivity index is 1.84. The summed E-state index contributed by atoms with van der Waals surface area (Å²) in [6.07, 6.45) is 0. The van der Waals surface area contributed by atoms with Gasteiger partial charge in [-0.15, -0.1) is 22.7 Å². The van der Waals surface area contributed by atoms with Crippen LogP contribution in [0.5, 0.6) is 0 Å². The number of thiophene rings is 2. The van der Waals surface area contributed by atoms with Crippen LogP contribution in [0.3, 0.4) is 0 Å². The summed E-state index contributed by atoms with van der Waals surface area (Å²) in [5.41, 5.74) is 0.644. The second-order valence-electron chi connectivity index (χ2n) is 4.92. The van der Waals surface area contributed by atoms with Crippen LogP contribution in [0.25, 0.3) is 0 Å². The molecular weight excluding hydrogens is 459 g/mol. The van der Waals surface area contributed by atoms with Crippen LogP contribution < -0.4 is 10.0 Å². The molecule has 0 aliphatic carbocycles. The number of hydrogen-bond acceptors (Lipinski definition) is 5. The Labute approximate surface area is 172 Å². The normalized spacial score (nSPS) is 11.3. The number of amides is 1. The topological polar surface area (TPSA) is 75.3 Å². The molecule has 3 rings (SSSR count). The molecule has 0 fully saturated rings. The van der Waals surface area contributed by atoms with E-state index < -0.39 is 15.9 Å². The number of benzene rings is 1. The quantitative estimate of drug-likeness (QED) is 0.496. The lowest BCUT2D eigenvalue weighted by atomic mass is 10.3. The molecule has 1 amide bonds.